The van der Waals surface area contributed by atoms with Gasteiger partial charge < -0.3 is 0 Å². The minimum absolute atomic E-state index is 0.468. The van der Waals surface area contributed by atoms with Crippen molar-refractivity contribution in [3.8, 4) is 10.6 Å². The van der Waals surface area contributed by atoms with Gasteiger partial charge in [-0.05, 0) is 42.6 Å². The van der Waals surface area contributed by atoms with Crippen LogP contribution in [-0.4, -0.2) is 14.6 Å². The van der Waals surface area contributed by atoms with E-state index in [9.17, 15) is 0 Å². The molecule has 0 N–H and O–H groups in total. The second kappa shape index (κ2) is 3.63. The van der Waals surface area contributed by atoms with Crippen molar-refractivity contribution in [3.63, 3.8) is 0 Å². The maximum Gasteiger partial charge on any atom is 0.154 e. The molecule has 0 radical (unpaired) electrons. The molecule has 0 aliphatic rings. The highest BCUT2D eigenvalue weighted by Gasteiger charge is 2.10. The molecule has 0 amide bonds. The molecule has 0 bridgehead atoms. The lowest BCUT2D eigenvalue weighted by Gasteiger charge is -2.04. The van der Waals surface area contributed by atoms with Crippen LogP contribution in [0.15, 0.2) is 12.3 Å². The smallest absolute Gasteiger partial charge is 0.154 e. The van der Waals surface area contributed by atoms with E-state index in [1.165, 1.54) is 11.5 Å². The lowest BCUT2D eigenvalue weighted by atomic mass is 10.1. The van der Waals surface area contributed by atoms with Crippen LogP contribution in [0, 0.1) is 13.8 Å². The maximum absolute atomic E-state index is 5.86. The van der Waals surface area contributed by atoms with E-state index in [1.807, 2.05) is 19.9 Å². The van der Waals surface area contributed by atoms with E-state index in [0.717, 1.165) is 21.7 Å². The summed E-state index contributed by atoms with van der Waals surface area (Å²) in [5.41, 5.74) is 2.91. The molecule has 0 aliphatic heterocycles. The molecule has 0 atom stereocenters. The normalized spacial score (nSPS) is 10.5. The first-order valence-corrected chi connectivity index (χ1v) is 5.25. The van der Waals surface area contributed by atoms with Crippen LogP contribution in [0.1, 0.15) is 11.1 Å². The van der Waals surface area contributed by atoms with Crippen LogP contribution in [0.4, 0.5) is 0 Å². The Bertz CT molecular complexity index is 453. The molecule has 0 saturated carbocycles. The first-order chi connectivity index (χ1) is 6.70. The van der Waals surface area contributed by atoms with Crippen molar-refractivity contribution in [2.45, 2.75) is 13.8 Å². The third-order valence-corrected chi connectivity index (χ3v) is 3.25. The summed E-state index contributed by atoms with van der Waals surface area (Å²) in [6, 6.07) is 1.93. The fraction of sp³-hybridized carbons (Fsp3) is 0.222. The van der Waals surface area contributed by atoms with E-state index in [1.54, 1.807) is 6.20 Å². The Kier molecular flexibility index (Phi) is 2.48. The van der Waals surface area contributed by atoms with E-state index in [-0.39, 0.29) is 0 Å². The van der Waals surface area contributed by atoms with E-state index < -0.39 is 0 Å². The Morgan fingerprint density at radius 1 is 1.21 bits per heavy atom. The molecule has 0 aliphatic carbocycles. The molecule has 0 saturated heterocycles. The topological polar surface area (TPSA) is 38.7 Å². The van der Waals surface area contributed by atoms with E-state index >= 15 is 0 Å². The Balaban J connectivity index is 2.61. The first-order valence-electron chi connectivity index (χ1n) is 4.10. The molecule has 14 heavy (non-hydrogen) atoms. The molecule has 2 rings (SSSR count). The number of aromatic nitrogens is 3. The molecule has 0 spiro atoms. The average molecular weight is 226 g/mol. The van der Waals surface area contributed by atoms with Gasteiger partial charge in [-0.25, -0.2) is 4.37 Å². The van der Waals surface area contributed by atoms with Gasteiger partial charge in [0.2, 0.25) is 0 Å². The Morgan fingerprint density at radius 2 is 2.00 bits per heavy atom. The Labute approximate surface area is 90.9 Å². The van der Waals surface area contributed by atoms with Gasteiger partial charge in [-0.15, -0.1) is 10.2 Å². The number of nitrogens with zero attached hydrogens (tertiary/aromatic N) is 3. The van der Waals surface area contributed by atoms with Crippen molar-refractivity contribution in [1.29, 1.82) is 0 Å². The predicted molar refractivity (Wildman–Crippen MR) is 57.6 cm³/mol. The van der Waals surface area contributed by atoms with Gasteiger partial charge in [0.25, 0.3) is 0 Å². The fourth-order valence-electron chi connectivity index (χ4n) is 1.15. The van der Waals surface area contributed by atoms with Crippen LogP contribution >= 0.6 is 23.1 Å². The van der Waals surface area contributed by atoms with E-state index in [0.29, 0.717) is 5.15 Å². The lowest BCUT2D eigenvalue weighted by Crippen LogP contribution is -1.95. The van der Waals surface area contributed by atoms with Crippen molar-refractivity contribution in [2.24, 2.45) is 0 Å². The van der Waals surface area contributed by atoms with Gasteiger partial charge >= 0.3 is 0 Å². The second-order valence-corrected chi connectivity index (χ2v) is 4.16. The summed E-state index contributed by atoms with van der Waals surface area (Å²) >= 11 is 7.27. The summed E-state index contributed by atoms with van der Waals surface area (Å²) in [7, 11) is 0. The van der Waals surface area contributed by atoms with E-state index in [4.69, 9.17) is 11.6 Å². The van der Waals surface area contributed by atoms with Gasteiger partial charge in [-0.2, -0.15) is 0 Å². The van der Waals surface area contributed by atoms with Crippen molar-refractivity contribution in [2.75, 3.05) is 0 Å². The van der Waals surface area contributed by atoms with Crippen LogP contribution in [0.2, 0.25) is 5.15 Å². The minimum Gasteiger partial charge on any atom is -0.201 e. The van der Waals surface area contributed by atoms with Crippen LogP contribution in [0.25, 0.3) is 10.6 Å². The lowest BCUT2D eigenvalue weighted by molar-refractivity contribution is 1.01. The quantitative estimate of drug-likeness (QED) is 0.749. The molecular weight excluding hydrogens is 218 g/mol. The second-order valence-electron chi connectivity index (χ2n) is 2.97. The van der Waals surface area contributed by atoms with Crippen molar-refractivity contribution < 1.29 is 0 Å². The van der Waals surface area contributed by atoms with Crippen LogP contribution in [0.3, 0.4) is 0 Å². The summed E-state index contributed by atoms with van der Waals surface area (Å²) in [5.74, 6) is 0. The Hall–Kier alpha value is -1.00. The summed E-state index contributed by atoms with van der Waals surface area (Å²) in [4.78, 5) is 1.02. The first kappa shape index (κ1) is 9.55. The molecular formula is C9H8ClN3S. The largest absolute Gasteiger partial charge is 0.201 e. The fourth-order valence-corrected chi connectivity index (χ4v) is 1.97. The van der Waals surface area contributed by atoms with Crippen molar-refractivity contribution in [3.05, 3.63) is 28.5 Å². The highest BCUT2D eigenvalue weighted by Crippen LogP contribution is 2.27. The Morgan fingerprint density at radius 3 is 2.64 bits per heavy atom. The van der Waals surface area contributed by atoms with Crippen LogP contribution < -0.4 is 0 Å². The summed E-state index contributed by atoms with van der Waals surface area (Å²) < 4.78 is 4.03. The van der Waals surface area contributed by atoms with E-state index in [2.05, 4.69) is 14.6 Å². The predicted octanol–water partition coefficient (Wildman–Crippen LogP) is 2.87. The summed E-state index contributed by atoms with van der Waals surface area (Å²) in [6.45, 7) is 3.93. The number of hydrogen-bond donors (Lipinski definition) is 0. The minimum atomic E-state index is 0.468. The number of hydrogen-bond acceptors (Lipinski definition) is 4. The molecule has 0 aromatic carbocycles. The number of rotatable bonds is 1. The molecule has 0 unspecified atom stereocenters. The maximum atomic E-state index is 5.86. The molecule has 0 fully saturated rings. The monoisotopic (exact) mass is 225 g/mol. The van der Waals surface area contributed by atoms with Crippen molar-refractivity contribution in [1.82, 2.24) is 14.6 Å². The van der Waals surface area contributed by atoms with Gasteiger partial charge in [0, 0.05) is 6.20 Å². The summed E-state index contributed by atoms with van der Waals surface area (Å²) in [6.07, 6.45) is 1.76. The van der Waals surface area contributed by atoms with Gasteiger partial charge in [0.15, 0.2) is 5.15 Å². The molecule has 72 valence electrons. The highest BCUT2D eigenvalue weighted by molar-refractivity contribution is 7.09. The third kappa shape index (κ3) is 1.51. The molecule has 5 heteroatoms. The zero-order valence-corrected chi connectivity index (χ0v) is 9.35. The highest BCUT2D eigenvalue weighted by atomic mass is 35.5. The SMILES string of the molecule is Cc1c(Cl)nnc(-c2ccns2)c1C. The zero-order chi connectivity index (χ0) is 10.1. The molecule has 2 aromatic heterocycles. The van der Waals surface area contributed by atoms with Gasteiger partial charge in [-0.1, -0.05) is 11.6 Å². The van der Waals surface area contributed by atoms with Crippen molar-refractivity contribution >= 4 is 23.1 Å². The van der Waals surface area contributed by atoms with Gasteiger partial charge in [-0.3, -0.25) is 0 Å². The van der Waals surface area contributed by atoms with Gasteiger partial charge in [0.05, 0.1) is 4.88 Å². The average Bonchev–Trinajstić information content (AvgIpc) is 2.67. The third-order valence-electron chi connectivity index (χ3n) is 2.14. The molecule has 3 nitrogen and oxygen atoms in total. The standard InChI is InChI=1S/C9H8ClN3S/c1-5-6(2)9(10)13-12-8(5)7-3-4-11-14-7/h3-4H,1-2H3. The zero-order valence-electron chi connectivity index (χ0n) is 7.78. The molecule has 2 aromatic rings. The summed E-state index contributed by atoms with van der Waals surface area (Å²) in [5, 5.41) is 8.43. The van der Waals surface area contributed by atoms with Crippen LogP contribution in [-0.2, 0) is 0 Å². The van der Waals surface area contributed by atoms with Crippen LogP contribution in [0.5, 0.6) is 0 Å². The molecule has 2 heterocycles. The number of halogens is 1. The van der Waals surface area contributed by atoms with Gasteiger partial charge in [0.1, 0.15) is 5.69 Å².